The summed E-state index contributed by atoms with van der Waals surface area (Å²) in [7, 11) is 0. The lowest BCUT2D eigenvalue weighted by atomic mass is 9.93. The predicted octanol–water partition coefficient (Wildman–Crippen LogP) is 7.02. The summed E-state index contributed by atoms with van der Waals surface area (Å²) < 4.78 is 27.3. The fourth-order valence-electron chi connectivity index (χ4n) is 5.01. The van der Waals surface area contributed by atoms with Crippen LogP contribution in [0, 0.1) is 11.6 Å². The molecule has 2 nitrogen and oxygen atoms in total. The van der Waals surface area contributed by atoms with Crippen molar-refractivity contribution in [1.29, 1.82) is 0 Å². The molecule has 5 rings (SSSR count). The molecule has 35 heavy (non-hydrogen) atoms. The molecule has 3 aromatic carbocycles. The van der Waals surface area contributed by atoms with Crippen LogP contribution in [0.2, 0.25) is 0 Å². The average Bonchev–Trinajstić information content (AvgIpc) is 3.01. The van der Waals surface area contributed by atoms with E-state index in [4.69, 9.17) is 12.2 Å². The van der Waals surface area contributed by atoms with E-state index >= 15 is 0 Å². The molecule has 0 spiro atoms. The van der Waals surface area contributed by atoms with Gasteiger partial charge in [0.25, 0.3) is 0 Å². The summed E-state index contributed by atoms with van der Waals surface area (Å²) in [5.74, 6) is 0.0492. The Labute approximate surface area is 216 Å². The number of hydrogen-bond donors (Lipinski definition) is 0. The predicted molar refractivity (Wildman–Crippen MR) is 143 cm³/mol. The van der Waals surface area contributed by atoms with Gasteiger partial charge in [0.15, 0.2) is 0 Å². The first-order chi connectivity index (χ1) is 16.9. The summed E-state index contributed by atoms with van der Waals surface area (Å²) in [6, 6.07) is 18.9. The first-order valence-electron chi connectivity index (χ1n) is 12.2. The Morgan fingerprint density at radius 1 is 0.914 bits per heavy atom. The number of fused-ring (bicyclic) bond motifs is 2. The smallest absolute Gasteiger partial charge is 0.124 e. The monoisotopic (exact) mass is 508 g/mol. The van der Waals surface area contributed by atoms with Gasteiger partial charge in [-0.1, -0.05) is 68.2 Å². The summed E-state index contributed by atoms with van der Waals surface area (Å²) in [5.41, 5.74) is 4.93. The first-order valence-corrected chi connectivity index (χ1v) is 13.5. The van der Waals surface area contributed by atoms with E-state index in [9.17, 15) is 8.78 Å². The van der Waals surface area contributed by atoms with E-state index in [1.807, 2.05) is 18.2 Å². The molecule has 3 aromatic rings. The lowest BCUT2D eigenvalue weighted by Crippen LogP contribution is -2.50. The third kappa shape index (κ3) is 5.45. The number of piperazine rings is 1. The Balaban J connectivity index is 1.36. The van der Waals surface area contributed by atoms with Crippen molar-refractivity contribution in [3.05, 3.63) is 94.6 Å². The average molecular weight is 509 g/mol. The summed E-state index contributed by atoms with van der Waals surface area (Å²) in [6.45, 7) is 8.04. The van der Waals surface area contributed by atoms with Gasteiger partial charge in [-0.2, -0.15) is 0 Å². The molecule has 2 aliphatic heterocycles. The second kappa shape index (κ2) is 10.4. The van der Waals surface area contributed by atoms with Crippen molar-refractivity contribution in [3.8, 4) is 0 Å². The SMILES string of the molecule is CC(C)c1ccc2c(c1)C(N1CCN(C(=S)Cc3ccc(F)cc3)CC1)Cc1ccc(F)cc1S2. The third-order valence-electron chi connectivity index (χ3n) is 7.10. The molecule has 182 valence electrons. The largest absolute Gasteiger partial charge is 0.363 e. The molecule has 0 saturated carbocycles. The van der Waals surface area contributed by atoms with E-state index in [0.717, 1.165) is 48.0 Å². The van der Waals surface area contributed by atoms with Crippen molar-refractivity contribution in [1.82, 2.24) is 9.80 Å². The highest BCUT2D eigenvalue weighted by Gasteiger charge is 2.31. The zero-order chi connectivity index (χ0) is 24.5. The Kier molecular flexibility index (Phi) is 7.24. The van der Waals surface area contributed by atoms with Crippen LogP contribution in [0.25, 0.3) is 0 Å². The molecule has 2 aliphatic rings. The molecule has 2 heterocycles. The van der Waals surface area contributed by atoms with E-state index in [1.165, 1.54) is 33.7 Å². The van der Waals surface area contributed by atoms with Crippen LogP contribution >= 0.6 is 24.0 Å². The lowest BCUT2D eigenvalue weighted by Gasteiger charge is -2.41. The Morgan fingerprint density at radius 2 is 1.63 bits per heavy atom. The highest BCUT2D eigenvalue weighted by atomic mass is 32.2. The van der Waals surface area contributed by atoms with Crippen LogP contribution in [0.5, 0.6) is 0 Å². The first kappa shape index (κ1) is 24.4. The molecule has 0 N–H and O–H groups in total. The zero-order valence-corrected chi connectivity index (χ0v) is 21.8. The van der Waals surface area contributed by atoms with E-state index in [0.29, 0.717) is 12.3 Å². The minimum absolute atomic E-state index is 0.182. The maximum atomic E-state index is 14.1. The van der Waals surface area contributed by atoms with Gasteiger partial charge in [0, 0.05) is 48.4 Å². The fraction of sp³-hybridized carbons (Fsp3) is 0.345. The standard InChI is InChI=1S/C29H30F2N2S2/c1-19(2)21-6-10-27-25(16-21)26(17-22-5-9-24(31)18-28(22)35-27)32-11-13-33(14-12-32)29(34)15-20-3-7-23(30)8-4-20/h3-10,16,18-19,26H,11-15,17H2,1-2H3. The van der Waals surface area contributed by atoms with Gasteiger partial charge in [-0.3, -0.25) is 4.90 Å². The highest BCUT2D eigenvalue weighted by molar-refractivity contribution is 7.99. The van der Waals surface area contributed by atoms with E-state index in [1.54, 1.807) is 23.9 Å². The number of thiocarbonyl (C=S) groups is 1. The molecule has 1 fully saturated rings. The van der Waals surface area contributed by atoms with Crippen LogP contribution in [0.1, 0.15) is 48.1 Å². The van der Waals surface area contributed by atoms with Gasteiger partial charge in [0.05, 0.1) is 4.99 Å². The van der Waals surface area contributed by atoms with Crippen LogP contribution in [0.15, 0.2) is 70.5 Å². The van der Waals surface area contributed by atoms with Crippen molar-refractivity contribution in [2.24, 2.45) is 0 Å². The molecule has 0 aromatic heterocycles. The summed E-state index contributed by atoms with van der Waals surface area (Å²) in [6.07, 6.45) is 1.53. The molecule has 0 amide bonds. The van der Waals surface area contributed by atoms with Crippen LogP contribution in [0.4, 0.5) is 8.78 Å². The molecule has 1 atom stereocenters. The number of hydrogen-bond acceptors (Lipinski definition) is 3. The van der Waals surface area contributed by atoms with Gasteiger partial charge >= 0.3 is 0 Å². The molecule has 1 unspecified atom stereocenters. The number of rotatable bonds is 4. The zero-order valence-electron chi connectivity index (χ0n) is 20.1. The molecular formula is C29H30F2N2S2. The quantitative estimate of drug-likeness (QED) is 0.349. The topological polar surface area (TPSA) is 6.48 Å². The summed E-state index contributed by atoms with van der Waals surface area (Å²) in [5, 5.41) is 0. The maximum absolute atomic E-state index is 14.1. The van der Waals surface area contributed by atoms with E-state index in [2.05, 4.69) is 41.8 Å². The Morgan fingerprint density at radius 3 is 2.34 bits per heavy atom. The normalized spacial score (nSPS) is 18.2. The number of benzene rings is 3. The van der Waals surface area contributed by atoms with E-state index < -0.39 is 0 Å². The number of halogens is 2. The van der Waals surface area contributed by atoms with Gasteiger partial charge in [0.2, 0.25) is 0 Å². The highest BCUT2D eigenvalue weighted by Crippen LogP contribution is 2.44. The summed E-state index contributed by atoms with van der Waals surface area (Å²) in [4.78, 5) is 8.01. The van der Waals surface area contributed by atoms with Gasteiger partial charge < -0.3 is 4.90 Å². The van der Waals surface area contributed by atoms with Crippen LogP contribution in [-0.2, 0) is 12.8 Å². The number of nitrogens with zero attached hydrogens (tertiary/aromatic N) is 2. The van der Waals surface area contributed by atoms with Crippen molar-refractivity contribution in [3.63, 3.8) is 0 Å². The van der Waals surface area contributed by atoms with Crippen molar-refractivity contribution in [2.45, 2.75) is 48.4 Å². The molecule has 0 aliphatic carbocycles. The second-order valence-corrected chi connectivity index (χ2v) is 11.3. The van der Waals surface area contributed by atoms with Gasteiger partial charge in [-0.05, 0) is 64.9 Å². The molecule has 0 bridgehead atoms. The second-order valence-electron chi connectivity index (χ2n) is 9.75. The summed E-state index contributed by atoms with van der Waals surface area (Å²) >= 11 is 7.44. The lowest BCUT2D eigenvalue weighted by molar-refractivity contribution is 0.130. The van der Waals surface area contributed by atoms with Crippen LogP contribution < -0.4 is 0 Å². The van der Waals surface area contributed by atoms with Crippen LogP contribution in [0.3, 0.4) is 0 Å². The maximum Gasteiger partial charge on any atom is 0.124 e. The minimum atomic E-state index is -0.222. The fourth-order valence-corrected chi connectivity index (χ4v) is 6.49. The van der Waals surface area contributed by atoms with Gasteiger partial charge in [-0.25, -0.2) is 8.78 Å². The molecule has 0 radical (unpaired) electrons. The van der Waals surface area contributed by atoms with E-state index in [-0.39, 0.29) is 17.7 Å². The molecular weight excluding hydrogens is 478 g/mol. The minimum Gasteiger partial charge on any atom is -0.363 e. The molecule has 6 heteroatoms. The Hall–Kier alpha value is -2.28. The Bertz CT molecular complexity index is 1220. The van der Waals surface area contributed by atoms with Gasteiger partial charge in [-0.15, -0.1) is 0 Å². The van der Waals surface area contributed by atoms with Crippen molar-refractivity contribution >= 4 is 29.0 Å². The van der Waals surface area contributed by atoms with Crippen molar-refractivity contribution in [2.75, 3.05) is 26.2 Å². The molecule has 1 saturated heterocycles. The van der Waals surface area contributed by atoms with Gasteiger partial charge in [0.1, 0.15) is 11.6 Å². The van der Waals surface area contributed by atoms with Crippen molar-refractivity contribution < 1.29 is 8.78 Å². The third-order valence-corrected chi connectivity index (χ3v) is 8.69. The van der Waals surface area contributed by atoms with Crippen LogP contribution in [-0.4, -0.2) is 41.0 Å².